The van der Waals surface area contributed by atoms with E-state index in [2.05, 4.69) is 25.9 Å². The second-order valence-electron chi connectivity index (χ2n) is 10.4. The van der Waals surface area contributed by atoms with Crippen LogP contribution >= 0.6 is 0 Å². The van der Waals surface area contributed by atoms with Crippen molar-refractivity contribution in [3.8, 4) is 11.1 Å². The Morgan fingerprint density at radius 1 is 1.08 bits per heavy atom. The van der Waals surface area contributed by atoms with Gasteiger partial charge in [-0.1, -0.05) is 50.7 Å². The topological polar surface area (TPSA) is 125 Å². The maximum atomic E-state index is 13.8. The minimum Gasteiger partial charge on any atom is -0.394 e. The Labute approximate surface area is 217 Å². The number of nitrogens with one attached hydrogen (secondary N) is 3. The molecule has 1 aromatic carbocycles. The number of anilines is 1. The Kier molecular flexibility index (Phi) is 7.41. The fraction of sp³-hybridized carbons (Fsp3) is 0.500. The number of aromatic nitrogens is 4. The average molecular weight is 505 g/mol. The fourth-order valence-corrected chi connectivity index (χ4v) is 5.85. The van der Waals surface area contributed by atoms with Crippen LogP contribution in [0.5, 0.6) is 0 Å². The van der Waals surface area contributed by atoms with Gasteiger partial charge < -0.3 is 15.7 Å². The second kappa shape index (κ2) is 10.9. The van der Waals surface area contributed by atoms with E-state index < -0.39 is 6.04 Å². The average Bonchev–Trinajstić information content (AvgIpc) is 3.41. The summed E-state index contributed by atoms with van der Waals surface area (Å²) in [7, 11) is 0. The van der Waals surface area contributed by atoms with Crippen LogP contribution in [-0.4, -0.2) is 49.5 Å². The maximum Gasteiger partial charge on any atom is 0.270 e. The quantitative estimate of drug-likeness (QED) is 0.334. The number of benzene rings is 1. The number of carbonyl (C=O) groups excluding carboxylic acids is 2. The van der Waals surface area contributed by atoms with E-state index in [1.54, 1.807) is 12.3 Å². The van der Waals surface area contributed by atoms with Crippen molar-refractivity contribution < 1.29 is 14.7 Å². The smallest absolute Gasteiger partial charge is 0.270 e. The first kappa shape index (κ1) is 25.2. The van der Waals surface area contributed by atoms with Crippen LogP contribution in [0.2, 0.25) is 0 Å². The van der Waals surface area contributed by atoms with Crippen molar-refractivity contribution in [1.82, 2.24) is 25.3 Å². The number of aromatic amines is 1. The van der Waals surface area contributed by atoms with E-state index in [0.717, 1.165) is 48.2 Å². The zero-order valence-electron chi connectivity index (χ0n) is 21.5. The molecular weight excluding hydrogens is 468 g/mol. The number of aryl methyl sites for hydroxylation is 2. The number of aliphatic hydroxyl groups is 1. The van der Waals surface area contributed by atoms with Crippen molar-refractivity contribution in [2.75, 3.05) is 11.9 Å². The summed E-state index contributed by atoms with van der Waals surface area (Å²) < 4.78 is 1.48. The number of hydrogen-bond acceptors (Lipinski definition) is 5. The van der Waals surface area contributed by atoms with E-state index >= 15 is 0 Å². The summed E-state index contributed by atoms with van der Waals surface area (Å²) >= 11 is 0. The van der Waals surface area contributed by atoms with Gasteiger partial charge in [0, 0.05) is 23.1 Å². The standard InChI is InChI=1S/C28H36N6O3/c1-17-24(18(2)33-32-17)21-9-11-22(12-10-21)30-28(37)26(25(19-5-3-6-19)20-7-4-8-20)31-27(36)23-13-14-29-34(23)15-16-35/h9-14,19-20,25-26,35H,3-8,15-16H2,1-2H3,(H,30,37)(H,31,36)(H,32,33)/t26-/m0/s1. The van der Waals surface area contributed by atoms with Gasteiger partial charge in [0.05, 0.1) is 18.8 Å². The lowest BCUT2D eigenvalue weighted by Crippen LogP contribution is -2.54. The van der Waals surface area contributed by atoms with Crippen LogP contribution in [0.1, 0.15) is 60.4 Å². The molecule has 0 radical (unpaired) electrons. The molecule has 196 valence electrons. The Bertz CT molecular complexity index is 1210. The van der Waals surface area contributed by atoms with E-state index in [-0.39, 0.29) is 30.9 Å². The normalized spacial score (nSPS) is 16.8. The number of nitrogens with zero attached hydrogens (tertiary/aromatic N) is 3. The SMILES string of the molecule is Cc1n[nH]c(C)c1-c1ccc(NC(=O)[C@@H](NC(=O)c2ccnn2CCO)C(C2CCC2)C2CCC2)cc1. The van der Waals surface area contributed by atoms with Gasteiger partial charge in [-0.05, 0) is 55.4 Å². The molecule has 2 aromatic heterocycles. The van der Waals surface area contributed by atoms with Gasteiger partial charge in [-0.3, -0.25) is 19.4 Å². The summed E-state index contributed by atoms with van der Waals surface area (Å²) in [6, 6.07) is 8.75. The summed E-state index contributed by atoms with van der Waals surface area (Å²) in [4.78, 5) is 27.1. The number of H-pyrrole nitrogens is 1. The van der Waals surface area contributed by atoms with Gasteiger partial charge in [0.2, 0.25) is 5.91 Å². The molecule has 0 spiro atoms. The number of aliphatic hydroxyl groups excluding tert-OH is 1. The fourth-order valence-electron chi connectivity index (χ4n) is 5.85. The molecule has 2 amide bonds. The van der Waals surface area contributed by atoms with Gasteiger partial charge >= 0.3 is 0 Å². The van der Waals surface area contributed by atoms with Crippen LogP contribution < -0.4 is 10.6 Å². The Morgan fingerprint density at radius 3 is 2.30 bits per heavy atom. The van der Waals surface area contributed by atoms with Gasteiger partial charge in [0.15, 0.2) is 0 Å². The number of amides is 2. The summed E-state index contributed by atoms with van der Waals surface area (Å²) in [6.07, 6.45) is 8.28. The molecule has 9 nitrogen and oxygen atoms in total. The van der Waals surface area contributed by atoms with Crippen LogP contribution in [0.3, 0.4) is 0 Å². The molecule has 2 aliphatic rings. The molecule has 0 aliphatic heterocycles. The zero-order valence-corrected chi connectivity index (χ0v) is 21.5. The molecule has 0 saturated heterocycles. The van der Waals surface area contributed by atoms with Crippen molar-refractivity contribution in [2.24, 2.45) is 17.8 Å². The maximum absolute atomic E-state index is 13.8. The first-order valence-corrected chi connectivity index (χ1v) is 13.3. The zero-order chi connectivity index (χ0) is 25.9. The minimum atomic E-state index is -0.640. The van der Waals surface area contributed by atoms with Gasteiger partial charge in [0.1, 0.15) is 11.7 Å². The van der Waals surface area contributed by atoms with Crippen molar-refractivity contribution in [3.63, 3.8) is 0 Å². The summed E-state index contributed by atoms with van der Waals surface area (Å²) in [5.41, 5.74) is 5.08. The lowest BCUT2D eigenvalue weighted by molar-refractivity contribution is -0.121. The summed E-state index contributed by atoms with van der Waals surface area (Å²) in [6.45, 7) is 4.07. The highest BCUT2D eigenvalue weighted by Crippen LogP contribution is 2.46. The third-order valence-corrected chi connectivity index (χ3v) is 8.17. The lowest BCUT2D eigenvalue weighted by Gasteiger charge is -2.46. The molecule has 4 N–H and O–H groups in total. The molecule has 3 aromatic rings. The van der Waals surface area contributed by atoms with Crippen molar-refractivity contribution in [2.45, 2.75) is 65.0 Å². The van der Waals surface area contributed by atoms with E-state index in [4.69, 9.17) is 0 Å². The number of hydrogen-bond donors (Lipinski definition) is 4. The highest BCUT2D eigenvalue weighted by atomic mass is 16.3. The van der Waals surface area contributed by atoms with E-state index in [9.17, 15) is 14.7 Å². The molecular formula is C28H36N6O3. The van der Waals surface area contributed by atoms with Gasteiger partial charge in [-0.2, -0.15) is 10.2 Å². The van der Waals surface area contributed by atoms with Crippen LogP contribution in [-0.2, 0) is 11.3 Å². The highest BCUT2D eigenvalue weighted by Gasteiger charge is 2.44. The van der Waals surface area contributed by atoms with Crippen molar-refractivity contribution in [3.05, 3.63) is 53.6 Å². The van der Waals surface area contributed by atoms with Crippen LogP contribution in [0.15, 0.2) is 36.5 Å². The predicted octanol–water partition coefficient (Wildman–Crippen LogP) is 3.84. The first-order valence-electron chi connectivity index (χ1n) is 13.3. The minimum absolute atomic E-state index is 0.108. The second-order valence-corrected chi connectivity index (χ2v) is 10.4. The number of rotatable bonds is 10. The van der Waals surface area contributed by atoms with E-state index in [0.29, 0.717) is 23.2 Å². The van der Waals surface area contributed by atoms with Crippen LogP contribution in [0.4, 0.5) is 5.69 Å². The summed E-state index contributed by atoms with van der Waals surface area (Å²) in [5, 5.41) is 26.9. The molecule has 2 saturated carbocycles. The van der Waals surface area contributed by atoms with Gasteiger partial charge in [-0.15, -0.1) is 0 Å². The largest absolute Gasteiger partial charge is 0.394 e. The molecule has 9 heteroatoms. The molecule has 0 bridgehead atoms. The van der Waals surface area contributed by atoms with E-state index in [1.165, 1.54) is 17.5 Å². The van der Waals surface area contributed by atoms with Crippen LogP contribution in [0.25, 0.3) is 11.1 Å². The molecule has 1 atom stereocenters. The Balaban J connectivity index is 1.38. The molecule has 2 aliphatic carbocycles. The Morgan fingerprint density at radius 2 is 1.76 bits per heavy atom. The van der Waals surface area contributed by atoms with Crippen LogP contribution in [0, 0.1) is 31.6 Å². The summed E-state index contributed by atoms with van der Waals surface area (Å²) in [5.74, 6) is 0.470. The van der Waals surface area contributed by atoms with Gasteiger partial charge in [-0.25, -0.2) is 0 Å². The molecule has 2 fully saturated rings. The Hall–Kier alpha value is -3.46. The monoisotopic (exact) mass is 504 g/mol. The van der Waals surface area contributed by atoms with E-state index in [1.807, 2.05) is 38.1 Å². The third-order valence-electron chi connectivity index (χ3n) is 8.17. The molecule has 37 heavy (non-hydrogen) atoms. The van der Waals surface area contributed by atoms with Crippen molar-refractivity contribution in [1.29, 1.82) is 0 Å². The van der Waals surface area contributed by atoms with Crippen molar-refractivity contribution >= 4 is 17.5 Å². The third kappa shape index (κ3) is 5.18. The highest BCUT2D eigenvalue weighted by molar-refractivity contribution is 6.00. The molecule has 5 rings (SSSR count). The first-order chi connectivity index (χ1) is 18.0. The predicted molar refractivity (Wildman–Crippen MR) is 141 cm³/mol. The number of carbonyl (C=O) groups is 2. The molecule has 0 unspecified atom stereocenters. The molecule has 2 heterocycles. The lowest BCUT2D eigenvalue weighted by atomic mass is 9.62. The van der Waals surface area contributed by atoms with Gasteiger partial charge in [0.25, 0.3) is 5.91 Å².